The highest BCUT2D eigenvalue weighted by molar-refractivity contribution is 5.20. The zero-order valence-corrected chi connectivity index (χ0v) is 12.0. The molecule has 2 rings (SSSR count). The molecule has 0 N–H and O–H groups in total. The molecular weight excluding hydrogens is 211 g/mol. The monoisotopic (exact) mass is 238 g/mol. The summed E-state index contributed by atoms with van der Waals surface area (Å²) in [4.78, 5) is 0. The molecule has 4 atom stereocenters. The Labute approximate surface area is 106 Å². The van der Waals surface area contributed by atoms with Gasteiger partial charge in [0.25, 0.3) is 0 Å². The van der Waals surface area contributed by atoms with Crippen molar-refractivity contribution in [3.8, 4) is 0 Å². The van der Waals surface area contributed by atoms with E-state index in [2.05, 4.69) is 33.8 Å². The van der Waals surface area contributed by atoms with E-state index in [0.717, 1.165) is 30.1 Å². The summed E-state index contributed by atoms with van der Waals surface area (Å²) in [7, 11) is 0. The highest BCUT2D eigenvalue weighted by atomic mass is 19.1. The maximum absolute atomic E-state index is 13.6. The van der Waals surface area contributed by atoms with Gasteiger partial charge >= 0.3 is 0 Å². The molecule has 2 aliphatic rings. The molecule has 0 radical (unpaired) electrons. The van der Waals surface area contributed by atoms with E-state index in [9.17, 15) is 4.39 Å². The summed E-state index contributed by atoms with van der Waals surface area (Å²) >= 11 is 0. The first-order valence-corrected chi connectivity index (χ1v) is 7.19. The molecule has 0 heterocycles. The van der Waals surface area contributed by atoms with Gasteiger partial charge in [0.1, 0.15) is 5.67 Å². The average Bonchev–Trinajstić information content (AvgIpc) is 2.60. The summed E-state index contributed by atoms with van der Waals surface area (Å²) in [6.45, 7) is 11.1. The molecule has 0 bridgehead atoms. The first kappa shape index (κ1) is 13.1. The van der Waals surface area contributed by atoms with Crippen molar-refractivity contribution in [3.63, 3.8) is 0 Å². The SMILES string of the molecule is CC(C)C1CC(=CC2CC2(C)F)CC1C(C)C. The molecule has 4 unspecified atom stereocenters. The van der Waals surface area contributed by atoms with Crippen LogP contribution in [0.25, 0.3) is 0 Å². The molecule has 0 amide bonds. The van der Waals surface area contributed by atoms with Crippen molar-refractivity contribution in [3.05, 3.63) is 11.6 Å². The second-order valence-electron chi connectivity index (χ2n) is 7.14. The Kier molecular flexibility index (Phi) is 3.40. The van der Waals surface area contributed by atoms with Crippen molar-refractivity contribution >= 4 is 0 Å². The van der Waals surface area contributed by atoms with Crippen LogP contribution in [-0.2, 0) is 0 Å². The minimum atomic E-state index is -0.893. The Morgan fingerprint density at radius 3 is 1.82 bits per heavy atom. The van der Waals surface area contributed by atoms with Crippen LogP contribution in [0, 0.1) is 29.6 Å². The molecule has 0 aromatic rings. The largest absolute Gasteiger partial charge is 0.244 e. The van der Waals surface area contributed by atoms with Crippen LogP contribution < -0.4 is 0 Å². The van der Waals surface area contributed by atoms with Crippen LogP contribution in [0.15, 0.2) is 11.6 Å². The fourth-order valence-corrected chi connectivity index (χ4v) is 3.48. The fraction of sp³-hybridized carbons (Fsp3) is 0.875. The van der Waals surface area contributed by atoms with Gasteiger partial charge < -0.3 is 0 Å². The third kappa shape index (κ3) is 2.74. The predicted molar refractivity (Wildman–Crippen MR) is 71.6 cm³/mol. The van der Waals surface area contributed by atoms with E-state index in [0.29, 0.717) is 0 Å². The zero-order chi connectivity index (χ0) is 12.8. The van der Waals surface area contributed by atoms with Crippen LogP contribution in [0.1, 0.15) is 53.9 Å². The smallest absolute Gasteiger partial charge is 0.115 e. The van der Waals surface area contributed by atoms with Crippen molar-refractivity contribution in [1.82, 2.24) is 0 Å². The molecule has 0 aromatic carbocycles. The highest BCUT2D eigenvalue weighted by Crippen LogP contribution is 2.51. The molecule has 2 fully saturated rings. The Bertz CT molecular complexity index is 293. The molecule has 17 heavy (non-hydrogen) atoms. The summed E-state index contributed by atoms with van der Waals surface area (Å²) in [6.07, 6.45) is 5.44. The number of hydrogen-bond donors (Lipinski definition) is 0. The van der Waals surface area contributed by atoms with Crippen LogP contribution in [0.5, 0.6) is 0 Å². The molecule has 2 aliphatic carbocycles. The van der Waals surface area contributed by atoms with Crippen molar-refractivity contribution in [2.75, 3.05) is 0 Å². The van der Waals surface area contributed by atoms with Gasteiger partial charge in [-0.3, -0.25) is 0 Å². The minimum Gasteiger partial charge on any atom is -0.244 e. The third-order valence-electron chi connectivity index (χ3n) is 4.93. The summed E-state index contributed by atoms with van der Waals surface area (Å²) in [5.74, 6) is 3.35. The van der Waals surface area contributed by atoms with Crippen molar-refractivity contribution in [2.24, 2.45) is 29.6 Å². The van der Waals surface area contributed by atoms with Gasteiger partial charge in [-0.15, -0.1) is 0 Å². The van der Waals surface area contributed by atoms with E-state index in [4.69, 9.17) is 0 Å². The van der Waals surface area contributed by atoms with Crippen LogP contribution >= 0.6 is 0 Å². The van der Waals surface area contributed by atoms with Crippen LogP contribution in [0.4, 0.5) is 4.39 Å². The normalized spacial score (nSPS) is 41.4. The highest BCUT2D eigenvalue weighted by Gasteiger charge is 2.50. The standard InChI is InChI=1S/C16H27F/c1-10(2)14-7-12(8-15(14)11(3)4)6-13-9-16(13,5)17/h6,10-11,13-15H,7-9H2,1-5H3. The third-order valence-corrected chi connectivity index (χ3v) is 4.93. The summed E-state index contributed by atoms with van der Waals surface area (Å²) in [6, 6.07) is 0. The quantitative estimate of drug-likeness (QED) is 0.607. The van der Waals surface area contributed by atoms with Crippen LogP contribution in [0.2, 0.25) is 0 Å². The Morgan fingerprint density at radius 2 is 1.53 bits per heavy atom. The van der Waals surface area contributed by atoms with E-state index in [1.807, 2.05) is 0 Å². The van der Waals surface area contributed by atoms with Crippen LogP contribution in [-0.4, -0.2) is 5.67 Å². The number of halogens is 1. The number of hydrogen-bond acceptors (Lipinski definition) is 0. The lowest BCUT2D eigenvalue weighted by Crippen LogP contribution is -2.18. The molecule has 1 heteroatoms. The van der Waals surface area contributed by atoms with E-state index < -0.39 is 5.67 Å². The van der Waals surface area contributed by atoms with Gasteiger partial charge in [-0.2, -0.15) is 0 Å². The van der Waals surface area contributed by atoms with Gasteiger partial charge in [-0.25, -0.2) is 4.39 Å². The number of allylic oxidation sites excluding steroid dienone is 2. The number of rotatable bonds is 3. The maximum Gasteiger partial charge on any atom is 0.115 e. The van der Waals surface area contributed by atoms with E-state index >= 15 is 0 Å². The van der Waals surface area contributed by atoms with E-state index in [1.165, 1.54) is 18.4 Å². The first-order valence-electron chi connectivity index (χ1n) is 7.19. The molecule has 98 valence electrons. The molecule has 0 saturated heterocycles. The van der Waals surface area contributed by atoms with Gasteiger partial charge in [-0.05, 0) is 49.9 Å². The predicted octanol–water partition coefficient (Wildman–Crippen LogP) is 5.00. The summed E-state index contributed by atoms with van der Waals surface area (Å²) in [5, 5.41) is 0. The molecule has 0 spiro atoms. The second kappa shape index (κ2) is 4.40. The molecule has 0 nitrogen and oxygen atoms in total. The lowest BCUT2D eigenvalue weighted by molar-refractivity contribution is 0.235. The molecular formula is C16H27F. The van der Waals surface area contributed by atoms with Crippen molar-refractivity contribution < 1.29 is 4.39 Å². The topological polar surface area (TPSA) is 0 Å². The second-order valence-corrected chi connectivity index (χ2v) is 7.14. The minimum absolute atomic E-state index is 0.219. The lowest BCUT2D eigenvalue weighted by atomic mass is 9.80. The van der Waals surface area contributed by atoms with Crippen molar-refractivity contribution in [1.29, 1.82) is 0 Å². The average molecular weight is 238 g/mol. The van der Waals surface area contributed by atoms with E-state index in [1.54, 1.807) is 6.92 Å². The van der Waals surface area contributed by atoms with Gasteiger partial charge in [0.15, 0.2) is 0 Å². The lowest BCUT2D eigenvalue weighted by Gasteiger charge is -2.25. The Balaban J connectivity index is 2.04. The fourth-order valence-electron chi connectivity index (χ4n) is 3.48. The molecule has 0 aliphatic heterocycles. The first-order chi connectivity index (χ1) is 7.81. The van der Waals surface area contributed by atoms with Gasteiger partial charge in [0.2, 0.25) is 0 Å². The summed E-state index contributed by atoms with van der Waals surface area (Å²) < 4.78 is 13.6. The molecule has 0 aromatic heterocycles. The van der Waals surface area contributed by atoms with Gasteiger partial charge in [-0.1, -0.05) is 39.3 Å². The Hall–Kier alpha value is -0.330. The Morgan fingerprint density at radius 1 is 1.12 bits per heavy atom. The van der Waals surface area contributed by atoms with E-state index in [-0.39, 0.29) is 5.92 Å². The van der Waals surface area contributed by atoms with Gasteiger partial charge in [0.05, 0.1) is 0 Å². The van der Waals surface area contributed by atoms with Gasteiger partial charge in [0, 0.05) is 5.92 Å². The van der Waals surface area contributed by atoms with Crippen molar-refractivity contribution in [2.45, 2.75) is 59.5 Å². The maximum atomic E-state index is 13.6. The summed E-state index contributed by atoms with van der Waals surface area (Å²) in [5.41, 5.74) is 0.643. The molecule has 2 saturated carbocycles. The number of alkyl halides is 1. The van der Waals surface area contributed by atoms with Crippen LogP contribution in [0.3, 0.4) is 0 Å². The zero-order valence-electron chi connectivity index (χ0n) is 12.0.